The first kappa shape index (κ1) is 18.1. The van der Waals surface area contributed by atoms with Crippen molar-refractivity contribution in [1.82, 2.24) is 15.3 Å². The average molecular weight is 353 g/mol. The van der Waals surface area contributed by atoms with E-state index in [0.717, 1.165) is 38.2 Å². The number of amides is 1. The topological polar surface area (TPSA) is 84.0 Å². The Kier molecular flexibility index (Phi) is 6.87. The maximum atomic E-state index is 13.5. The third kappa shape index (κ3) is 5.73. The van der Waals surface area contributed by atoms with Crippen molar-refractivity contribution < 1.29 is 14.0 Å². The molecule has 1 aromatic heterocycles. The molecule has 1 amide bonds. The molecule has 1 aromatic rings. The summed E-state index contributed by atoms with van der Waals surface area (Å²) in [7, 11) is 0. The third-order valence-corrected chi connectivity index (χ3v) is 3.79. The highest BCUT2D eigenvalue weighted by atomic mass is 35.5. The maximum absolute atomic E-state index is 13.5. The highest BCUT2D eigenvalue weighted by Crippen LogP contribution is 2.17. The second kappa shape index (κ2) is 9.12. The molecule has 0 saturated heterocycles. The van der Waals surface area contributed by atoms with Gasteiger partial charge in [-0.05, 0) is 18.9 Å². The molecule has 1 heterocycles. The van der Waals surface area contributed by atoms with E-state index in [0.29, 0.717) is 6.29 Å². The predicted molar refractivity (Wildman–Crippen MR) is 88.7 cm³/mol. The number of nitrogens with zero attached hydrogens (tertiary/aromatic N) is 2. The van der Waals surface area contributed by atoms with Gasteiger partial charge in [-0.2, -0.15) is 0 Å². The zero-order valence-electron chi connectivity index (χ0n) is 13.0. The second-order valence-corrected chi connectivity index (χ2v) is 5.87. The van der Waals surface area contributed by atoms with Crippen LogP contribution in [0.2, 0.25) is 0 Å². The summed E-state index contributed by atoms with van der Waals surface area (Å²) in [6, 6.07) is 0.162. The number of rotatable bonds is 6. The van der Waals surface area contributed by atoms with Crippen molar-refractivity contribution in [2.24, 2.45) is 0 Å². The molecule has 0 aromatic carbocycles. The van der Waals surface area contributed by atoms with Crippen molar-refractivity contribution in [3.05, 3.63) is 41.2 Å². The standard InChI is InChI=1S/C16H18ClFN4O2/c17-11(7-15(24)21-12-4-2-1-3-5-12)6-13(9-23)22-16-14(18)8-19-10-20-16/h6-10,12H,1-5H2,(H,21,24)(H,19,20,22)/b11-7-,13-6+. The molecule has 24 heavy (non-hydrogen) atoms. The van der Waals surface area contributed by atoms with Gasteiger partial charge in [-0.3, -0.25) is 9.59 Å². The van der Waals surface area contributed by atoms with E-state index in [2.05, 4.69) is 20.6 Å². The van der Waals surface area contributed by atoms with Crippen molar-refractivity contribution in [3.63, 3.8) is 0 Å². The van der Waals surface area contributed by atoms with Crippen molar-refractivity contribution in [2.45, 2.75) is 38.1 Å². The van der Waals surface area contributed by atoms with Gasteiger partial charge >= 0.3 is 0 Å². The first-order valence-electron chi connectivity index (χ1n) is 7.65. The minimum Gasteiger partial charge on any atom is -0.350 e. The summed E-state index contributed by atoms with van der Waals surface area (Å²) in [5.41, 5.74) is -0.0284. The zero-order chi connectivity index (χ0) is 17.4. The Morgan fingerprint density at radius 1 is 1.29 bits per heavy atom. The SMILES string of the molecule is O=C/C(=C\C(Cl)=C\C(=O)NC1CCCCC1)Nc1ncncc1F. The fourth-order valence-electron chi connectivity index (χ4n) is 2.45. The smallest absolute Gasteiger partial charge is 0.245 e. The van der Waals surface area contributed by atoms with Crippen molar-refractivity contribution in [2.75, 3.05) is 5.32 Å². The maximum Gasteiger partial charge on any atom is 0.245 e. The minimum atomic E-state index is -0.708. The number of allylic oxidation sites excluding steroid dienone is 3. The molecule has 8 heteroatoms. The van der Waals surface area contributed by atoms with Gasteiger partial charge in [0, 0.05) is 17.2 Å². The Morgan fingerprint density at radius 3 is 2.71 bits per heavy atom. The van der Waals surface area contributed by atoms with Crippen molar-refractivity contribution in [3.8, 4) is 0 Å². The van der Waals surface area contributed by atoms with Crippen LogP contribution in [0.4, 0.5) is 10.2 Å². The van der Waals surface area contributed by atoms with Gasteiger partial charge in [0.15, 0.2) is 17.9 Å². The lowest BCUT2D eigenvalue weighted by Crippen LogP contribution is -2.35. The molecule has 128 valence electrons. The van der Waals surface area contributed by atoms with E-state index in [4.69, 9.17) is 11.6 Å². The molecule has 0 unspecified atom stereocenters. The normalized spacial score (nSPS) is 16.6. The summed E-state index contributed by atoms with van der Waals surface area (Å²) < 4.78 is 13.5. The van der Waals surface area contributed by atoms with Gasteiger partial charge in [0.1, 0.15) is 6.33 Å². The number of carbonyl (C=O) groups is 2. The quantitative estimate of drug-likeness (QED) is 0.467. The zero-order valence-corrected chi connectivity index (χ0v) is 13.7. The van der Waals surface area contributed by atoms with E-state index in [1.807, 2.05) is 0 Å². The van der Waals surface area contributed by atoms with E-state index < -0.39 is 5.82 Å². The van der Waals surface area contributed by atoms with Gasteiger partial charge in [-0.25, -0.2) is 14.4 Å². The van der Waals surface area contributed by atoms with Crippen LogP contribution in [0.15, 0.2) is 35.4 Å². The summed E-state index contributed by atoms with van der Waals surface area (Å²) in [5, 5.41) is 5.42. The van der Waals surface area contributed by atoms with Crippen molar-refractivity contribution >= 4 is 29.6 Å². The van der Waals surface area contributed by atoms with Gasteiger partial charge in [-0.15, -0.1) is 0 Å². The number of anilines is 1. The number of halogens is 2. The molecule has 0 atom stereocenters. The van der Waals surface area contributed by atoms with E-state index in [1.165, 1.54) is 18.6 Å². The van der Waals surface area contributed by atoms with Crippen LogP contribution in [0.5, 0.6) is 0 Å². The van der Waals surface area contributed by atoms with Gasteiger partial charge in [0.25, 0.3) is 0 Å². The molecule has 1 saturated carbocycles. The monoisotopic (exact) mass is 352 g/mol. The van der Waals surface area contributed by atoms with E-state index >= 15 is 0 Å². The molecular formula is C16H18ClFN4O2. The average Bonchev–Trinajstić information content (AvgIpc) is 2.56. The Bertz CT molecular complexity index is 657. The Labute approximate surface area is 144 Å². The Hall–Kier alpha value is -2.28. The summed E-state index contributed by atoms with van der Waals surface area (Å²) in [6.45, 7) is 0. The summed E-state index contributed by atoms with van der Waals surface area (Å²) in [4.78, 5) is 30.2. The number of hydrogen-bond acceptors (Lipinski definition) is 5. The van der Waals surface area contributed by atoms with E-state index in [-0.39, 0.29) is 28.5 Å². The van der Waals surface area contributed by atoms with Gasteiger partial charge < -0.3 is 10.6 Å². The van der Waals surface area contributed by atoms with Gasteiger partial charge in [0.2, 0.25) is 5.91 Å². The first-order valence-corrected chi connectivity index (χ1v) is 8.03. The third-order valence-electron chi connectivity index (χ3n) is 3.57. The number of hydrogen-bond donors (Lipinski definition) is 2. The molecule has 0 radical (unpaired) electrons. The van der Waals surface area contributed by atoms with Crippen LogP contribution in [-0.2, 0) is 9.59 Å². The Morgan fingerprint density at radius 2 is 2.04 bits per heavy atom. The summed E-state index contributed by atoms with van der Waals surface area (Å²) >= 11 is 5.97. The molecule has 0 aliphatic heterocycles. The molecule has 0 bridgehead atoms. The fourth-order valence-corrected chi connectivity index (χ4v) is 2.66. The molecule has 1 aliphatic rings. The highest BCUT2D eigenvalue weighted by Gasteiger charge is 2.14. The van der Waals surface area contributed by atoms with Crippen LogP contribution in [0.3, 0.4) is 0 Å². The molecule has 1 aliphatic carbocycles. The highest BCUT2D eigenvalue weighted by molar-refractivity contribution is 6.32. The second-order valence-electron chi connectivity index (χ2n) is 5.43. The van der Waals surface area contributed by atoms with Gasteiger partial charge in [0.05, 0.1) is 11.9 Å². The first-order chi connectivity index (χ1) is 11.6. The largest absolute Gasteiger partial charge is 0.350 e. The molecule has 2 rings (SSSR count). The predicted octanol–water partition coefficient (Wildman–Crippen LogP) is 2.68. The van der Waals surface area contributed by atoms with Crippen LogP contribution < -0.4 is 10.6 Å². The van der Waals surface area contributed by atoms with Gasteiger partial charge in [-0.1, -0.05) is 30.9 Å². The molecule has 2 N–H and O–H groups in total. The lowest BCUT2D eigenvalue weighted by molar-refractivity contribution is -0.117. The number of nitrogens with one attached hydrogen (secondary N) is 2. The Balaban J connectivity index is 1.99. The summed E-state index contributed by atoms with van der Waals surface area (Å²) in [5.74, 6) is -1.18. The van der Waals surface area contributed by atoms with Crippen LogP contribution >= 0.6 is 11.6 Å². The van der Waals surface area contributed by atoms with E-state index in [9.17, 15) is 14.0 Å². The number of carbonyl (C=O) groups excluding carboxylic acids is 2. The summed E-state index contributed by atoms with van der Waals surface area (Å²) in [6.07, 6.45) is 10.3. The molecular weight excluding hydrogens is 335 g/mol. The van der Waals surface area contributed by atoms with Crippen LogP contribution in [-0.4, -0.2) is 28.2 Å². The number of aldehydes is 1. The van der Waals surface area contributed by atoms with Crippen LogP contribution in [0.1, 0.15) is 32.1 Å². The molecule has 0 spiro atoms. The fraction of sp³-hybridized carbons (Fsp3) is 0.375. The van der Waals surface area contributed by atoms with Crippen LogP contribution in [0, 0.1) is 5.82 Å². The molecule has 6 nitrogen and oxygen atoms in total. The number of aromatic nitrogens is 2. The lowest BCUT2D eigenvalue weighted by Gasteiger charge is -2.21. The molecule has 1 fully saturated rings. The van der Waals surface area contributed by atoms with Crippen LogP contribution in [0.25, 0.3) is 0 Å². The lowest BCUT2D eigenvalue weighted by atomic mass is 9.95. The van der Waals surface area contributed by atoms with Crippen molar-refractivity contribution in [1.29, 1.82) is 0 Å². The van der Waals surface area contributed by atoms with E-state index in [1.54, 1.807) is 0 Å². The minimum absolute atomic E-state index is 0.0284.